The van der Waals surface area contributed by atoms with Crippen LogP contribution < -0.4 is 21.7 Å². The van der Waals surface area contributed by atoms with E-state index >= 15 is 0 Å². The molecule has 1 rings (SSSR count). The lowest BCUT2D eigenvalue weighted by atomic mass is 10.0. The van der Waals surface area contributed by atoms with E-state index in [1.54, 1.807) is 7.11 Å². The molecule has 0 fully saturated rings. The minimum atomic E-state index is -0.627. The van der Waals surface area contributed by atoms with Crippen LogP contribution in [0.4, 0.5) is 0 Å². The molecule has 1 aromatic carbocycles. The summed E-state index contributed by atoms with van der Waals surface area (Å²) in [5.74, 6) is 5.46. The zero-order valence-corrected chi connectivity index (χ0v) is 9.49. The Balaban J connectivity index is 2.75. The zero-order valence-electron chi connectivity index (χ0n) is 9.49. The van der Waals surface area contributed by atoms with E-state index in [2.05, 4.69) is 0 Å². The molecule has 0 aliphatic rings. The van der Waals surface area contributed by atoms with E-state index in [0.29, 0.717) is 6.42 Å². The first-order chi connectivity index (χ1) is 7.58. The van der Waals surface area contributed by atoms with E-state index in [1.807, 2.05) is 30.5 Å². The van der Waals surface area contributed by atoms with Gasteiger partial charge in [0.15, 0.2) is 0 Å². The SMILES string of the molecule is COc1ccc(CC(N)C(=O)NN)cc1C. The summed E-state index contributed by atoms with van der Waals surface area (Å²) < 4.78 is 5.14. The Labute approximate surface area is 94.7 Å². The minimum absolute atomic E-state index is 0.367. The summed E-state index contributed by atoms with van der Waals surface area (Å²) in [6.07, 6.45) is 0.452. The molecule has 0 bridgehead atoms. The van der Waals surface area contributed by atoms with Gasteiger partial charge in [0.2, 0.25) is 0 Å². The van der Waals surface area contributed by atoms with Crippen molar-refractivity contribution in [1.82, 2.24) is 5.43 Å². The van der Waals surface area contributed by atoms with Gasteiger partial charge in [0, 0.05) is 0 Å². The van der Waals surface area contributed by atoms with Crippen molar-refractivity contribution in [3.63, 3.8) is 0 Å². The Kier molecular flexibility index (Phi) is 4.28. The van der Waals surface area contributed by atoms with E-state index in [4.69, 9.17) is 16.3 Å². The van der Waals surface area contributed by atoms with Gasteiger partial charge in [-0.15, -0.1) is 0 Å². The van der Waals surface area contributed by atoms with Crippen LogP contribution in [0, 0.1) is 6.92 Å². The monoisotopic (exact) mass is 223 g/mol. The molecule has 0 aromatic heterocycles. The molecule has 1 atom stereocenters. The van der Waals surface area contributed by atoms with Crippen molar-refractivity contribution >= 4 is 5.91 Å². The minimum Gasteiger partial charge on any atom is -0.496 e. The second-order valence-electron chi connectivity index (χ2n) is 3.62. The fourth-order valence-electron chi connectivity index (χ4n) is 1.52. The maximum atomic E-state index is 11.1. The molecule has 1 unspecified atom stereocenters. The summed E-state index contributed by atoms with van der Waals surface area (Å²) in [5.41, 5.74) is 9.69. The fraction of sp³-hybridized carbons (Fsp3) is 0.364. The first-order valence-corrected chi connectivity index (χ1v) is 4.98. The van der Waals surface area contributed by atoms with Crippen LogP contribution in [0.5, 0.6) is 5.75 Å². The Morgan fingerprint density at radius 2 is 2.25 bits per heavy atom. The van der Waals surface area contributed by atoms with E-state index in [-0.39, 0.29) is 5.91 Å². The normalized spacial score (nSPS) is 12.0. The highest BCUT2D eigenvalue weighted by Gasteiger charge is 2.12. The molecule has 5 heteroatoms. The number of hydrogen-bond acceptors (Lipinski definition) is 4. The quantitative estimate of drug-likeness (QED) is 0.376. The second-order valence-corrected chi connectivity index (χ2v) is 3.62. The van der Waals surface area contributed by atoms with E-state index in [0.717, 1.165) is 16.9 Å². The third kappa shape index (κ3) is 2.95. The highest BCUT2D eigenvalue weighted by atomic mass is 16.5. The standard InChI is InChI=1S/C11H17N3O2/c1-7-5-8(3-4-10(7)16-2)6-9(12)11(15)14-13/h3-5,9H,6,12-13H2,1-2H3,(H,14,15). The maximum Gasteiger partial charge on any atom is 0.251 e. The zero-order chi connectivity index (χ0) is 12.1. The van der Waals surface area contributed by atoms with Crippen LogP contribution in [0.1, 0.15) is 11.1 Å². The predicted molar refractivity (Wildman–Crippen MR) is 61.7 cm³/mol. The van der Waals surface area contributed by atoms with Crippen molar-refractivity contribution in [2.45, 2.75) is 19.4 Å². The molecule has 0 aliphatic heterocycles. The number of hydrogen-bond donors (Lipinski definition) is 3. The van der Waals surface area contributed by atoms with Crippen LogP contribution in [-0.2, 0) is 11.2 Å². The molecule has 0 spiro atoms. The topological polar surface area (TPSA) is 90.4 Å². The number of benzene rings is 1. The van der Waals surface area contributed by atoms with E-state index in [9.17, 15) is 4.79 Å². The molecular formula is C11H17N3O2. The van der Waals surface area contributed by atoms with Crippen molar-refractivity contribution < 1.29 is 9.53 Å². The van der Waals surface area contributed by atoms with Gasteiger partial charge in [-0.1, -0.05) is 12.1 Å². The average molecular weight is 223 g/mol. The number of nitrogens with one attached hydrogen (secondary N) is 1. The lowest BCUT2D eigenvalue weighted by molar-refractivity contribution is -0.122. The Morgan fingerprint density at radius 1 is 1.56 bits per heavy atom. The van der Waals surface area contributed by atoms with Crippen LogP contribution in [0.3, 0.4) is 0 Å². The van der Waals surface area contributed by atoms with Crippen LogP contribution in [0.2, 0.25) is 0 Å². The Hall–Kier alpha value is -1.59. The van der Waals surface area contributed by atoms with Crippen LogP contribution in [-0.4, -0.2) is 19.1 Å². The fourth-order valence-corrected chi connectivity index (χ4v) is 1.52. The van der Waals surface area contributed by atoms with Crippen molar-refractivity contribution in [2.75, 3.05) is 7.11 Å². The lowest BCUT2D eigenvalue weighted by Gasteiger charge is -2.11. The number of carbonyl (C=O) groups is 1. The molecule has 1 aromatic rings. The van der Waals surface area contributed by atoms with Gasteiger partial charge in [0.25, 0.3) is 5.91 Å². The van der Waals surface area contributed by atoms with Gasteiger partial charge in [0.05, 0.1) is 13.2 Å². The molecule has 0 heterocycles. The number of ether oxygens (including phenoxy) is 1. The molecular weight excluding hydrogens is 206 g/mol. The van der Waals surface area contributed by atoms with Gasteiger partial charge >= 0.3 is 0 Å². The predicted octanol–water partition coefficient (Wildman–Crippen LogP) is -0.137. The van der Waals surface area contributed by atoms with E-state index in [1.165, 1.54) is 0 Å². The van der Waals surface area contributed by atoms with Gasteiger partial charge in [-0.05, 0) is 30.5 Å². The van der Waals surface area contributed by atoms with Crippen LogP contribution in [0.25, 0.3) is 0 Å². The summed E-state index contributed by atoms with van der Waals surface area (Å²) in [5, 5.41) is 0. The first kappa shape index (κ1) is 12.5. The number of carbonyl (C=O) groups excluding carboxylic acids is 1. The summed E-state index contributed by atoms with van der Waals surface area (Å²) >= 11 is 0. The Morgan fingerprint density at radius 3 is 2.75 bits per heavy atom. The molecule has 5 N–H and O–H groups in total. The van der Waals surface area contributed by atoms with Gasteiger partial charge in [-0.3, -0.25) is 10.2 Å². The molecule has 0 saturated carbocycles. The van der Waals surface area contributed by atoms with Gasteiger partial charge in [-0.25, -0.2) is 5.84 Å². The van der Waals surface area contributed by atoms with E-state index < -0.39 is 6.04 Å². The molecule has 0 radical (unpaired) electrons. The molecule has 5 nitrogen and oxygen atoms in total. The number of nitrogens with two attached hydrogens (primary N) is 2. The van der Waals surface area contributed by atoms with Crippen molar-refractivity contribution in [3.05, 3.63) is 29.3 Å². The highest BCUT2D eigenvalue weighted by Crippen LogP contribution is 2.19. The molecule has 0 saturated heterocycles. The largest absolute Gasteiger partial charge is 0.496 e. The molecule has 1 amide bonds. The summed E-state index contributed by atoms with van der Waals surface area (Å²) in [6.45, 7) is 1.94. The maximum absolute atomic E-state index is 11.1. The molecule has 0 aliphatic carbocycles. The first-order valence-electron chi connectivity index (χ1n) is 4.98. The van der Waals surface area contributed by atoms with Crippen molar-refractivity contribution in [3.8, 4) is 5.75 Å². The second kappa shape index (κ2) is 5.48. The van der Waals surface area contributed by atoms with Crippen LogP contribution >= 0.6 is 0 Å². The number of methoxy groups -OCH3 is 1. The number of aryl methyl sites for hydroxylation is 1. The van der Waals surface area contributed by atoms with Gasteiger partial charge in [0.1, 0.15) is 5.75 Å². The van der Waals surface area contributed by atoms with Gasteiger partial charge < -0.3 is 10.5 Å². The average Bonchev–Trinajstić information content (AvgIpc) is 2.28. The summed E-state index contributed by atoms with van der Waals surface area (Å²) in [4.78, 5) is 11.1. The number of hydrazine groups is 1. The number of rotatable bonds is 4. The van der Waals surface area contributed by atoms with Crippen molar-refractivity contribution in [2.24, 2.45) is 11.6 Å². The Bertz CT molecular complexity index is 379. The molecule has 88 valence electrons. The van der Waals surface area contributed by atoms with Crippen molar-refractivity contribution in [1.29, 1.82) is 0 Å². The third-order valence-electron chi connectivity index (χ3n) is 2.39. The lowest BCUT2D eigenvalue weighted by Crippen LogP contribution is -2.45. The summed E-state index contributed by atoms with van der Waals surface area (Å²) in [7, 11) is 1.62. The smallest absolute Gasteiger partial charge is 0.251 e. The number of amides is 1. The summed E-state index contributed by atoms with van der Waals surface area (Å²) in [6, 6.07) is 5.06. The van der Waals surface area contributed by atoms with Crippen LogP contribution in [0.15, 0.2) is 18.2 Å². The highest BCUT2D eigenvalue weighted by molar-refractivity contribution is 5.81. The third-order valence-corrected chi connectivity index (χ3v) is 2.39. The van der Waals surface area contributed by atoms with Gasteiger partial charge in [-0.2, -0.15) is 0 Å². The molecule has 16 heavy (non-hydrogen) atoms.